The summed E-state index contributed by atoms with van der Waals surface area (Å²) in [4.78, 5) is 2.49. The number of hydrogen-bond donors (Lipinski definition) is 0. The van der Waals surface area contributed by atoms with Gasteiger partial charge >= 0.3 is 0 Å². The van der Waals surface area contributed by atoms with E-state index in [2.05, 4.69) is 309 Å². The summed E-state index contributed by atoms with van der Waals surface area (Å²) in [6.45, 7) is 18.8. The molecule has 1 spiro atoms. The molecule has 0 atom stereocenters. The first-order valence-corrected chi connectivity index (χ1v) is 28.2. The molecule has 0 aliphatic heterocycles. The van der Waals surface area contributed by atoms with Crippen LogP contribution in [0.3, 0.4) is 0 Å². The molecular weight excluding hydrogens is 951 g/mol. The van der Waals surface area contributed by atoms with Gasteiger partial charge in [-0.1, -0.05) is 268 Å². The van der Waals surface area contributed by atoms with E-state index in [0.29, 0.717) is 0 Å². The molecule has 0 amide bonds. The fourth-order valence-corrected chi connectivity index (χ4v) is 13.8. The third-order valence-corrected chi connectivity index (χ3v) is 17.8. The molecule has 0 aromatic heterocycles. The minimum Gasteiger partial charge on any atom is -0.310 e. The van der Waals surface area contributed by atoms with Crippen molar-refractivity contribution in [3.8, 4) is 77.9 Å². The van der Waals surface area contributed by atoms with Crippen LogP contribution in [0.15, 0.2) is 249 Å². The highest BCUT2D eigenvalue weighted by atomic mass is 15.1. The molecule has 0 saturated heterocycles. The van der Waals surface area contributed by atoms with E-state index in [0.717, 1.165) is 17.1 Å². The lowest BCUT2D eigenvalue weighted by Crippen LogP contribution is -2.27. The van der Waals surface area contributed by atoms with Crippen molar-refractivity contribution in [1.29, 1.82) is 0 Å². The number of nitrogens with zero attached hydrogens (tertiary/aromatic N) is 1. The number of rotatable bonds is 7. The van der Waals surface area contributed by atoms with E-state index < -0.39 is 5.41 Å². The van der Waals surface area contributed by atoms with Gasteiger partial charge in [0.1, 0.15) is 0 Å². The Bertz CT molecular complexity index is 4150. The fraction of sp³-hybridized carbons (Fsp3) is 0.154. The van der Waals surface area contributed by atoms with Crippen molar-refractivity contribution in [3.05, 3.63) is 293 Å². The lowest BCUT2D eigenvalue weighted by molar-refractivity contribution is 0.586. The van der Waals surface area contributed by atoms with E-state index in [-0.39, 0.29) is 16.2 Å². The molecule has 11 aromatic carbocycles. The van der Waals surface area contributed by atoms with Gasteiger partial charge < -0.3 is 4.90 Å². The van der Waals surface area contributed by atoms with Crippen molar-refractivity contribution in [2.24, 2.45) is 0 Å². The Morgan fingerprint density at radius 3 is 1.37 bits per heavy atom. The average molecular weight is 1020 g/mol. The minimum atomic E-state index is -0.481. The van der Waals surface area contributed by atoms with Gasteiger partial charge in [0.05, 0.1) is 11.1 Å². The van der Waals surface area contributed by atoms with Crippen LogP contribution in [0.4, 0.5) is 17.1 Å². The van der Waals surface area contributed by atoms with Crippen LogP contribution < -0.4 is 4.90 Å². The second kappa shape index (κ2) is 17.9. The maximum Gasteiger partial charge on any atom is 0.0725 e. The van der Waals surface area contributed by atoms with Crippen molar-refractivity contribution in [1.82, 2.24) is 0 Å². The molecule has 0 unspecified atom stereocenters. The van der Waals surface area contributed by atoms with E-state index in [1.807, 2.05) is 0 Å². The van der Waals surface area contributed by atoms with Gasteiger partial charge in [0.15, 0.2) is 0 Å². The Morgan fingerprint density at radius 1 is 0.278 bits per heavy atom. The zero-order valence-corrected chi connectivity index (χ0v) is 46.6. The monoisotopic (exact) mass is 1020 g/mol. The highest BCUT2D eigenvalue weighted by Crippen LogP contribution is 2.64. The molecule has 382 valence electrons. The van der Waals surface area contributed by atoms with Gasteiger partial charge in [0, 0.05) is 22.4 Å². The third-order valence-electron chi connectivity index (χ3n) is 17.8. The molecule has 11 aromatic rings. The summed E-state index contributed by atoms with van der Waals surface area (Å²) in [7, 11) is 0. The molecule has 1 heteroatoms. The molecule has 79 heavy (non-hydrogen) atoms. The molecule has 0 radical (unpaired) electrons. The van der Waals surface area contributed by atoms with Gasteiger partial charge in [-0.15, -0.1) is 0 Å². The lowest BCUT2D eigenvalue weighted by atomic mass is 9.68. The van der Waals surface area contributed by atoms with Crippen molar-refractivity contribution in [3.63, 3.8) is 0 Å². The van der Waals surface area contributed by atoms with Crippen LogP contribution >= 0.6 is 0 Å². The molecule has 3 aliphatic carbocycles. The topological polar surface area (TPSA) is 3.24 Å². The lowest BCUT2D eigenvalue weighted by Gasteiger charge is -2.33. The van der Waals surface area contributed by atoms with Crippen LogP contribution in [0.1, 0.15) is 99.9 Å². The molecule has 14 rings (SSSR count). The summed E-state index contributed by atoms with van der Waals surface area (Å²) in [5, 5.41) is 0. The van der Waals surface area contributed by atoms with Gasteiger partial charge in [-0.25, -0.2) is 0 Å². The van der Waals surface area contributed by atoms with Gasteiger partial charge in [0.25, 0.3) is 0 Å². The first kappa shape index (κ1) is 48.6. The molecule has 0 heterocycles. The first-order valence-electron chi connectivity index (χ1n) is 28.2. The molecule has 0 fully saturated rings. The molecule has 0 N–H and O–H groups in total. The molecular formula is C78H65N. The summed E-state index contributed by atoms with van der Waals surface area (Å²) >= 11 is 0. The predicted octanol–water partition coefficient (Wildman–Crippen LogP) is 21.1. The molecule has 3 aliphatic rings. The standard InChI is InChI=1S/C78H65N/c1-75(2,3)54-37-43-61-62-44-38-55(76(4,5)6)48-72(62)78(71(61)47-54)68-31-19-15-26-59(68)60-42-36-53(46-70(60)78)50-34-39-56(40-35-50)79(57-41-45-58(51-22-11-9-12-23-51)66(49-57)52-24-13-10-14-25-52)73-33-20-17-27-63(73)64-29-21-32-69-74(64)65-28-16-18-30-67(65)77(69,7)8/h9-49H,1-8H3. The fourth-order valence-electron chi connectivity index (χ4n) is 13.8. The summed E-state index contributed by atoms with van der Waals surface area (Å²) in [5.41, 5.74) is 31.1. The van der Waals surface area contributed by atoms with Crippen LogP contribution in [-0.4, -0.2) is 0 Å². The number of hydrogen-bond acceptors (Lipinski definition) is 1. The highest BCUT2D eigenvalue weighted by Gasteiger charge is 2.52. The molecule has 1 nitrogen and oxygen atoms in total. The number of anilines is 3. The van der Waals surface area contributed by atoms with Crippen LogP contribution in [0, 0.1) is 0 Å². The molecule has 0 saturated carbocycles. The summed E-state index contributed by atoms with van der Waals surface area (Å²) < 4.78 is 0. The SMILES string of the molecule is CC(C)(C)c1ccc2c(c1)C1(c3ccccc3-c3ccc(-c4ccc(N(c5ccc(-c6ccccc6)c(-c6ccccc6)c5)c5ccccc5-c5cccc6c5-c5ccccc5C6(C)C)cc4)cc31)c1cc(C(C)(C)C)ccc1-2. The van der Waals surface area contributed by atoms with Gasteiger partial charge in [-0.2, -0.15) is 0 Å². The Kier molecular flexibility index (Phi) is 11.0. The Hall–Kier alpha value is -8.78. The van der Waals surface area contributed by atoms with E-state index >= 15 is 0 Å². The van der Waals surface area contributed by atoms with E-state index in [1.54, 1.807) is 0 Å². The summed E-state index contributed by atoms with van der Waals surface area (Å²) in [6, 6.07) is 94.3. The Labute approximate surface area is 467 Å². The second-order valence-corrected chi connectivity index (χ2v) is 24.8. The van der Waals surface area contributed by atoms with E-state index in [9.17, 15) is 0 Å². The van der Waals surface area contributed by atoms with Crippen LogP contribution in [0.25, 0.3) is 77.9 Å². The van der Waals surface area contributed by atoms with Crippen LogP contribution in [0.5, 0.6) is 0 Å². The van der Waals surface area contributed by atoms with Gasteiger partial charge in [-0.05, 0) is 164 Å². The minimum absolute atomic E-state index is 0.0168. The predicted molar refractivity (Wildman–Crippen MR) is 334 cm³/mol. The van der Waals surface area contributed by atoms with Crippen LogP contribution in [0.2, 0.25) is 0 Å². The van der Waals surface area contributed by atoms with Crippen molar-refractivity contribution < 1.29 is 0 Å². The van der Waals surface area contributed by atoms with Gasteiger partial charge in [0.2, 0.25) is 0 Å². The smallest absolute Gasteiger partial charge is 0.0725 e. The number of para-hydroxylation sites is 1. The highest BCUT2D eigenvalue weighted by molar-refractivity contribution is 6.00. The van der Waals surface area contributed by atoms with Crippen molar-refractivity contribution >= 4 is 17.1 Å². The Morgan fingerprint density at radius 2 is 0.734 bits per heavy atom. The van der Waals surface area contributed by atoms with Crippen molar-refractivity contribution in [2.45, 2.75) is 77.0 Å². The zero-order chi connectivity index (χ0) is 54.0. The third kappa shape index (κ3) is 7.50. The molecule has 0 bridgehead atoms. The Balaban J connectivity index is 0.961. The normalized spacial score (nSPS) is 14.0. The number of benzene rings is 11. The zero-order valence-electron chi connectivity index (χ0n) is 46.6. The summed E-state index contributed by atoms with van der Waals surface area (Å²) in [6.07, 6.45) is 0. The van der Waals surface area contributed by atoms with E-state index in [4.69, 9.17) is 0 Å². The maximum absolute atomic E-state index is 2.55. The number of fused-ring (bicyclic) bond motifs is 13. The first-order chi connectivity index (χ1) is 38.2. The van der Waals surface area contributed by atoms with Crippen molar-refractivity contribution in [2.75, 3.05) is 4.90 Å². The van der Waals surface area contributed by atoms with E-state index in [1.165, 1.54) is 122 Å². The average Bonchev–Trinajstić information content (AvgIpc) is 1.88. The largest absolute Gasteiger partial charge is 0.310 e. The van der Waals surface area contributed by atoms with Gasteiger partial charge in [-0.3, -0.25) is 0 Å². The quantitative estimate of drug-likeness (QED) is 0.154. The van der Waals surface area contributed by atoms with Crippen LogP contribution in [-0.2, 0) is 21.7 Å². The summed E-state index contributed by atoms with van der Waals surface area (Å²) in [5.74, 6) is 0. The second-order valence-electron chi connectivity index (χ2n) is 24.8. The maximum atomic E-state index is 2.55.